The number of benzene rings is 2. The number of nitrogens with two attached hydrogens (primary N) is 1. The monoisotopic (exact) mass is 439 g/mol. The highest BCUT2D eigenvalue weighted by molar-refractivity contribution is 5.94. The molecule has 33 heavy (non-hydrogen) atoms. The molecule has 0 spiro atoms. The zero-order valence-corrected chi connectivity index (χ0v) is 19.2. The second-order valence-electron chi connectivity index (χ2n) is 9.03. The van der Waals surface area contributed by atoms with Gasteiger partial charge in [-0.3, -0.25) is 14.5 Å². The number of carbonyl (C=O) groups is 1. The Labute approximate surface area is 194 Å². The van der Waals surface area contributed by atoms with E-state index < -0.39 is 0 Å². The van der Waals surface area contributed by atoms with Crippen molar-refractivity contribution in [1.82, 2.24) is 19.7 Å². The molecule has 0 bridgehead atoms. The summed E-state index contributed by atoms with van der Waals surface area (Å²) in [6.45, 7) is 6.09. The fourth-order valence-electron chi connectivity index (χ4n) is 4.85. The number of aryl methyl sites for hydroxylation is 2. The molecule has 6 heteroatoms. The van der Waals surface area contributed by atoms with Gasteiger partial charge < -0.3 is 10.6 Å². The Bertz CT molecular complexity index is 1330. The summed E-state index contributed by atoms with van der Waals surface area (Å²) in [5.74, 6) is 0.208. The van der Waals surface area contributed by atoms with Gasteiger partial charge in [-0.15, -0.1) is 0 Å². The lowest BCUT2D eigenvalue weighted by atomic mass is 9.92. The summed E-state index contributed by atoms with van der Waals surface area (Å²) >= 11 is 0. The summed E-state index contributed by atoms with van der Waals surface area (Å²) in [4.78, 5) is 20.2. The van der Waals surface area contributed by atoms with Crippen molar-refractivity contribution >= 4 is 22.5 Å². The smallest absolute Gasteiger partial charge is 0.253 e. The molecule has 168 valence electrons. The van der Waals surface area contributed by atoms with Crippen LogP contribution in [0.4, 0.5) is 5.69 Å². The maximum absolute atomic E-state index is 13.4. The predicted octanol–water partition coefficient (Wildman–Crippen LogP) is 4.70. The minimum Gasteiger partial charge on any atom is -0.397 e. The molecule has 2 aromatic heterocycles. The number of aromatic nitrogens is 3. The number of nitrogen functional groups attached to an aromatic ring is 1. The van der Waals surface area contributed by atoms with E-state index in [2.05, 4.69) is 18.1 Å². The van der Waals surface area contributed by atoms with Crippen LogP contribution in [0.25, 0.3) is 10.9 Å². The Morgan fingerprint density at radius 1 is 1.09 bits per heavy atom. The third-order valence-electron chi connectivity index (χ3n) is 6.49. The number of anilines is 1. The normalized spacial score (nSPS) is 16.3. The van der Waals surface area contributed by atoms with E-state index in [1.165, 1.54) is 0 Å². The van der Waals surface area contributed by atoms with Crippen LogP contribution >= 0.6 is 0 Å². The number of fused-ring (bicyclic) bond motifs is 1. The van der Waals surface area contributed by atoms with Crippen molar-refractivity contribution in [3.8, 4) is 0 Å². The van der Waals surface area contributed by atoms with Gasteiger partial charge in [0, 0.05) is 35.7 Å². The third-order valence-corrected chi connectivity index (χ3v) is 6.49. The van der Waals surface area contributed by atoms with Gasteiger partial charge in [0.05, 0.1) is 29.1 Å². The molecule has 2 aromatic carbocycles. The molecule has 0 saturated carbocycles. The predicted molar refractivity (Wildman–Crippen MR) is 131 cm³/mol. The third kappa shape index (κ3) is 4.33. The minimum atomic E-state index is 0.0641. The Kier molecular flexibility index (Phi) is 5.58. The van der Waals surface area contributed by atoms with Crippen LogP contribution in [-0.4, -0.2) is 38.7 Å². The number of amides is 1. The van der Waals surface area contributed by atoms with Gasteiger partial charge in [0.1, 0.15) is 0 Å². The van der Waals surface area contributed by atoms with Crippen molar-refractivity contribution in [3.63, 3.8) is 0 Å². The summed E-state index contributed by atoms with van der Waals surface area (Å²) in [6, 6.07) is 20.0. The molecule has 5 rings (SSSR count). The van der Waals surface area contributed by atoms with Gasteiger partial charge in [0.25, 0.3) is 5.91 Å². The molecular formula is C27H29N5O. The second-order valence-corrected chi connectivity index (χ2v) is 9.03. The molecule has 3 heterocycles. The second kappa shape index (κ2) is 8.70. The molecule has 2 N–H and O–H groups in total. The van der Waals surface area contributed by atoms with Gasteiger partial charge in [-0.1, -0.05) is 30.3 Å². The summed E-state index contributed by atoms with van der Waals surface area (Å²) in [7, 11) is 0. The first kappa shape index (κ1) is 21.2. The molecule has 1 amide bonds. The van der Waals surface area contributed by atoms with Crippen LogP contribution in [0.15, 0.2) is 60.7 Å². The molecule has 6 nitrogen and oxygen atoms in total. The quantitative estimate of drug-likeness (QED) is 0.500. The van der Waals surface area contributed by atoms with Crippen LogP contribution in [0.3, 0.4) is 0 Å². The Morgan fingerprint density at radius 3 is 2.76 bits per heavy atom. The van der Waals surface area contributed by atoms with E-state index >= 15 is 0 Å². The van der Waals surface area contributed by atoms with Crippen LogP contribution in [0.1, 0.15) is 51.8 Å². The lowest BCUT2D eigenvalue weighted by Crippen LogP contribution is -2.39. The van der Waals surface area contributed by atoms with E-state index in [0.717, 1.165) is 52.9 Å². The Balaban J connectivity index is 1.35. The highest BCUT2D eigenvalue weighted by atomic mass is 16.2. The highest BCUT2D eigenvalue weighted by Gasteiger charge is 2.28. The molecular weight excluding hydrogens is 410 g/mol. The van der Waals surface area contributed by atoms with E-state index in [0.29, 0.717) is 24.3 Å². The van der Waals surface area contributed by atoms with Gasteiger partial charge in [0.15, 0.2) is 0 Å². The van der Waals surface area contributed by atoms with Crippen molar-refractivity contribution in [2.75, 3.05) is 18.8 Å². The molecule has 0 radical (unpaired) electrons. The maximum atomic E-state index is 13.4. The van der Waals surface area contributed by atoms with Crippen molar-refractivity contribution in [3.05, 3.63) is 88.9 Å². The zero-order chi connectivity index (χ0) is 22.9. The summed E-state index contributed by atoms with van der Waals surface area (Å²) < 4.78 is 1.98. The lowest BCUT2D eigenvalue weighted by molar-refractivity contribution is 0.0706. The standard InChI is InChI=1S/C27H29N5O/c1-18-13-19(2)32(30-18)16-20-7-5-9-22(14-20)27(33)31-12-6-10-23(17-31)26-24(28)15-21-8-3-4-11-25(21)29-26/h3-5,7-9,11,13-15,23H,6,10,12,16-17,28H2,1-2H3/t23-/m1/s1. The van der Waals surface area contributed by atoms with E-state index in [1.807, 2.05) is 71.1 Å². The molecule has 1 saturated heterocycles. The SMILES string of the molecule is Cc1cc(C)n(Cc2cccc(C(=O)N3CCC[C@@H](c4nc5ccccc5cc4N)C3)c2)n1. The number of piperidine rings is 1. The van der Waals surface area contributed by atoms with Gasteiger partial charge in [-0.05, 0) is 62.6 Å². The lowest BCUT2D eigenvalue weighted by Gasteiger charge is -2.33. The maximum Gasteiger partial charge on any atom is 0.253 e. The number of rotatable bonds is 4. The zero-order valence-electron chi connectivity index (χ0n) is 19.2. The number of carbonyl (C=O) groups excluding carboxylic acids is 1. The van der Waals surface area contributed by atoms with Crippen LogP contribution < -0.4 is 5.73 Å². The number of hydrogen-bond acceptors (Lipinski definition) is 4. The number of likely N-dealkylation sites (tertiary alicyclic amines) is 1. The first-order valence-corrected chi connectivity index (χ1v) is 11.5. The molecule has 0 unspecified atom stereocenters. The number of para-hydroxylation sites is 1. The fourth-order valence-corrected chi connectivity index (χ4v) is 4.85. The topological polar surface area (TPSA) is 77.0 Å². The average molecular weight is 440 g/mol. The summed E-state index contributed by atoms with van der Waals surface area (Å²) in [6.07, 6.45) is 1.92. The van der Waals surface area contributed by atoms with Gasteiger partial charge in [-0.2, -0.15) is 5.10 Å². The van der Waals surface area contributed by atoms with Gasteiger partial charge >= 0.3 is 0 Å². The van der Waals surface area contributed by atoms with Crippen molar-refractivity contribution in [2.24, 2.45) is 0 Å². The van der Waals surface area contributed by atoms with Crippen molar-refractivity contribution in [2.45, 2.75) is 39.2 Å². The van der Waals surface area contributed by atoms with E-state index in [4.69, 9.17) is 10.7 Å². The summed E-state index contributed by atoms with van der Waals surface area (Å²) in [5.41, 5.74) is 12.8. The molecule has 1 atom stereocenters. The minimum absolute atomic E-state index is 0.0641. The average Bonchev–Trinajstić information content (AvgIpc) is 3.14. The summed E-state index contributed by atoms with van der Waals surface area (Å²) in [5, 5.41) is 5.59. The number of nitrogens with zero attached hydrogens (tertiary/aromatic N) is 4. The first-order chi connectivity index (χ1) is 16.0. The van der Waals surface area contributed by atoms with E-state index in [-0.39, 0.29) is 11.8 Å². The van der Waals surface area contributed by atoms with E-state index in [1.54, 1.807) is 0 Å². The van der Waals surface area contributed by atoms with Crippen LogP contribution in [0.5, 0.6) is 0 Å². The van der Waals surface area contributed by atoms with Crippen molar-refractivity contribution in [1.29, 1.82) is 0 Å². The van der Waals surface area contributed by atoms with Gasteiger partial charge in [0.2, 0.25) is 0 Å². The van der Waals surface area contributed by atoms with Crippen molar-refractivity contribution < 1.29 is 4.79 Å². The van der Waals surface area contributed by atoms with Crippen LogP contribution in [0, 0.1) is 13.8 Å². The highest BCUT2D eigenvalue weighted by Crippen LogP contribution is 2.32. The first-order valence-electron chi connectivity index (χ1n) is 11.5. The number of pyridine rings is 1. The molecule has 0 aliphatic carbocycles. The van der Waals surface area contributed by atoms with E-state index in [9.17, 15) is 4.79 Å². The molecule has 1 fully saturated rings. The van der Waals surface area contributed by atoms with Gasteiger partial charge in [-0.25, -0.2) is 0 Å². The molecule has 1 aliphatic rings. The Morgan fingerprint density at radius 2 is 1.94 bits per heavy atom. The number of hydrogen-bond donors (Lipinski definition) is 1. The molecule has 4 aromatic rings. The van der Waals surface area contributed by atoms with Crippen LogP contribution in [-0.2, 0) is 6.54 Å². The largest absolute Gasteiger partial charge is 0.397 e. The Hall–Kier alpha value is -3.67. The fraction of sp³-hybridized carbons (Fsp3) is 0.296. The molecule has 1 aliphatic heterocycles. The van der Waals surface area contributed by atoms with Crippen LogP contribution in [0.2, 0.25) is 0 Å².